The second-order valence-electron chi connectivity index (χ2n) is 7.88. The van der Waals surface area contributed by atoms with Crippen LogP contribution in [-0.4, -0.2) is 21.9 Å². The van der Waals surface area contributed by atoms with Gasteiger partial charge in [-0.25, -0.2) is 4.98 Å². The predicted molar refractivity (Wildman–Crippen MR) is 109 cm³/mol. The Balaban J connectivity index is 1.36. The van der Waals surface area contributed by atoms with Gasteiger partial charge in [0.25, 0.3) is 0 Å². The highest BCUT2D eigenvalue weighted by atomic mass is 32.1. The normalized spacial score (nSPS) is 21.7. The number of aryl methyl sites for hydroxylation is 3. The van der Waals surface area contributed by atoms with Crippen molar-refractivity contribution in [3.63, 3.8) is 0 Å². The predicted octanol–water partition coefficient (Wildman–Crippen LogP) is 3.61. The topological polar surface area (TPSA) is 83.8 Å². The number of nitrogen functional groups attached to an aromatic ring is 1. The summed E-state index contributed by atoms with van der Waals surface area (Å²) in [7, 11) is 0. The van der Waals surface area contributed by atoms with Crippen molar-refractivity contribution in [3.8, 4) is 0 Å². The minimum atomic E-state index is -0.145. The minimum absolute atomic E-state index is 0.116. The second kappa shape index (κ2) is 6.37. The van der Waals surface area contributed by atoms with Gasteiger partial charge in [-0.2, -0.15) is 0 Å². The zero-order valence-electron chi connectivity index (χ0n) is 15.5. The van der Waals surface area contributed by atoms with Gasteiger partial charge in [0.05, 0.1) is 11.6 Å². The average molecular weight is 381 g/mol. The molecule has 140 valence electrons. The number of rotatable bonds is 2. The molecule has 2 heterocycles. The Morgan fingerprint density at radius 3 is 3.11 bits per heavy atom. The van der Waals surface area contributed by atoms with Gasteiger partial charge in [-0.15, -0.1) is 11.3 Å². The molecule has 0 spiro atoms. The van der Waals surface area contributed by atoms with Crippen molar-refractivity contribution in [2.24, 2.45) is 0 Å². The molecule has 2 atom stereocenters. The summed E-state index contributed by atoms with van der Waals surface area (Å²) in [4.78, 5) is 22.2. The van der Waals surface area contributed by atoms with Crippen LogP contribution in [-0.2, 0) is 24.1 Å². The summed E-state index contributed by atoms with van der Waals surface area (Å²) in [6.45, 7) is 2.13. The van der Waals surface area contributed by atoms with Crippen molar-refractivity contribution < 1.29 is 4.79 Å². The molecule has 0 radical (unpaired) electrons. The number of hydrogen-bond acceptors (Lipinski definition) is 4. The van der Waals surface area contributed by atoms with E-state index in [4.69, 9.17) is 5.73 Å². The van der Waals surface area contributed by atoms with E-state index in [-0.39, 0.29) is 17.9 Å². The van der Waals surface area contributed by atoms with Gasteiger partial charge >= 0.3 is 0 Å². The van der Waals surface area contributed by atoms with Crippen molar-refractivity contribution in [2.45, 2.75) is 57.4 Å². The highest BCUT2D eigenvalue weighted by Gasteiger charge is 2.32. The molecule has 2 aliphatic rings. The van der Waals surface area contributed by atoms with E-state index in [1.807, 2.05) is 0 Å². The number of fused-ring (bicyclic) bond motifs is 4. The van der Waals surface area contributed by atoms with Crippen molar-refractivity contribution in [1.82, 2.24) is 15.3 Å². The van der Waals surface area contributed by atoms with Crippen LogP contribution < -0.4 is 11.1 Å². The summed E-state index contributed by atoms with van der Waals surface area (Å²) >= 11 is 1.53. The number of thiazole rings is 1. The number of carbonyl (C=O) groups excluding carboxylic acids is 1. The zero-order chi connectivity index (χ0) is 18.5. The molecule has 0 aliphatic heterocycles. The van der Waals surface area contributed by atoms with Gasteiger partial charge < -0.3 is 16.0 Å². The number of carbonyl (C=O) groups is 1. The lowest BCUT2D eigenvalue weighted by Gasteiger charge is -2.27. The van der Waals surface area contributed by atoms with E-state index in [2.05, 4.69) is 40.4 Å². The third-order valence-corrected chi connectivity index (χ3v) is 6.94. The fourth-order valence-corrected chi connectivity index (χ4v) is 5.58. The fourth-order valence-electron chi connectivity index (χ4n) is 4.65. The number of nitrogens with one attached hydrogen (secondary N) is 2. The summed E-state index contributed by atoms with van der Waals surface area (Å²) in [5.74, 6) is -0.0281. The first-order chi connectivity index (χ1) is 13.1. The number of aromatic nitrogens is 2. The molecule has 0 saturated heterocycles. The van der Waals surface area contributed by atoms with Crippen molar-refractivity contribution in [3.05, 3.63) is 45.6 Å². The van der Waals surface area contributed by atoms with Gasteiger partial charge in [-0.1, -0.05) is 11.6 Å². The molecule has 5 nitrogen and oxygen atoms in total. The van der Waals surface area contributed by atoms with Gasteiger partial charge in [-0.05, 0) is 63.1 Å². The van der Waals surface area contributed by atoms with E-state index in [1.165, 1.54) is 43.9 Å². The average Bonchev–Trinajstić information content (AvgIpc) is 3.20. The van der Waals surface area contributed by atoms with Gasteiger partial charge in [0.15, 0.2) is 5.13 Å². The number of nitrogens with zero attached hydrogens (tertiary/aromatic N) is 1. The Bertz CT molecular complexity index is 1030. The van der Waals surface area contributed by atoms with E-state index in [0.717, 1.165) is 44.2 Å². The van der Waals surface area contributed by atoms with Crippen molar-refractivity contribution in [1.29, 1.82) is 0 Å². The van der Waals surface area contributed by atoms with Crippen LogP contribution in [0.25, 0.3) is 10.9 Å². The maximum atomic E-state index is 13.0. The highest BCUT2D eigenvalue weighted by Crippen LogP contribution is 2.36. The maximum absolute atomic E-state index is 13.0. The van der Waals surface area contributed by atoms with Crippen LogP contribution >= 0.6 is 11.3 Å². The standard InChI is InChI=1S/C21H24N4OS/c1-11-5-7-16-14(9-11)15-10-12(6-8-17(15)24-16)23-20(26)13-3-2-4-18-19(13)25-21(22)27-18/h5,7,9,12-13,24H,2-4,6,8,10H2,1H3,(H2,22,25)(H,23,26). The number of benzene rings is 1. The highest BCUT2D eigenvalue weighted by molar-refractivity contribution is 7.15. The lowest BCUT2D eigenvalue weighted by Crippen LogP contribution is -2.42. The quantitative estimate of drug-likeness (QED) is 0.635. The summed E-state index contributed by atoms with van der Waals surface area (Å²) in [6, 6.07) is 6.74. The van der Waals surface area contributed by atoms with Crippen LogP contribution in [0.1, 0.15) is 52.6 Å². The van der Waals surface area contributed by atoms with Crippen LogP contribution in [0, 0.1) is 6.92 Å². The summed E-state index contributed by atoms with van der Waals surface area (Å²) < 4.78 is 0. The first-order valence-corrected chi connectivity index (χ1v) is 10.6. The molecule has 27 heavy (non-hydrogen) atoms. The van der Waals surface area contributed by atoms with Crippen LogP contribution in [0.2, 0.25) is 0 Å². The third-order valence-electron chi connectivity index (χ3n) is 5.98. The first kappa shape index (κ1) is 16.8. The molecular formula is C21H24N4OS. The number of hydrogen-bond donors (Lipinski definition) is 3. The summed E-state index contributed by atoms with van der Waals surface area (Å²) in [6.07, 6.45) is 5.74. The molecule has 6 heteroatoms. The van der Waals surface area contributed by atoms with Crippen LogP contribution in [0.3, 0.4) is 0 Å². The number of aromatic amines is 1. The number of nitrogens with two attached hydrogens (primary N) is 1. The van der Waals surface area contributed by atoms with E-state index in [0.29, 0.717) is 5.13 Å². The molecule has 0 saturated carbocycles. The van der Waals surface area contributed by atoms with E-state index in [1.54, 1.807) is 0 Å². The van der Waals surface area contributed by atoms with Crippen LogP contribution in [0.5, 0.6) is 0 Å². The van der Waals surface area contributed by atoms with Crippen molar-refractivity contribution >= 4 is 33.3 Å². The molecule has 0 bridgehead atoms. The van der Waals surface area contributed by atoms with E-state index < -0.39 is 0 Å². The Morgan fingerprint density at radius 2 is 2.22 bits per heavy atom. The maximum Gasteiger partial charge on any atom is 0.229 e. The number of anilines is 1. The molecule has 3 aromatic rings. The molecule has 2 unspecified atom stereocenters. The molecule has 4 N–H and O–H groups in total. The molecule has 2 aromatic heterocycles. The molecular weight excluding hydrogens is 356 g/mol. The molecule has 1 amide bonds. The van der Waals surface area contributed by atoms with Gasteiger partial charge in [-0.3, -0.25) is 4.79 Å². The van der Waals surface area contributed by atoms with Crippen molar-refractivity contribution in [2.75, 3.05) is 5.73 Å². The first-order valence-electron chi connectivity index (χ1n) is 9.74. The lowest BCUT2D eigenvalue weighted by molar-refractivity contribution is -0.123. The monoisotopic (exact) mass is 380 g/mol. The largest absolute Gasteiger partial charge is 0.375 e. The molecule has 2 aliphatic carbocycles. The number of amides is 1. The molecule has 5 rings (SSSR count). The molecule has 0 fully saturated rings. The van der Waals surface area contributed by atoms with Gasteiger partial charge in [0.1, 0.15) is 0 Å². The fraction of sp³-hybridized carbons (Fsp3) is 0.429. The lowest BCUT2D eigenvalue weighted by atomic mass is 9.88. The third kappa shape index (κ3) is 2.92. The Labute approximate surface area is 162 Å². The Hall–Kier alpha value is -2.34. The summed E-state index contributed by atoms with van der Waals surface area (Å²) in [5.41, 5.74) is 12.0. The summed E-state index contributed by atoms with van der Waals surface area (Å²) in [5, 5.41) is 5.20. The Morgan fingerprint density at radius 1 is 1.33 bits per heavy atom. The second-order valence-corrected chi connectivity index (χ2v) is 9.00. The number of H-pyrrole nitrogens is 1. The van der Waals surface area contributed by atoms with E-state index in [9.17, 15) is 4.79 Å². The van der Waals surface area contributed by atoms with Gasteiger partial charge in [0, 0.05) is 27.5 Å². The van der Waals surface area contributed by atoms with E-state index >= 15 is 0 Å². The Kier molecular flexibility index (Phi) is 3.97. The minimum Gasteiger partial charge on any atom is -0.375 e. The SMILES string of the molecule is Cc1ccc2[nH]c3c(c2c1)CC(NC(=O)C1CCCc2sc(N)nc21)CC3. The smallest absolute Gasteiger partial charge is 0.229 e. The molecule has 1 aromatic carbocycles. The van der Waals surface area contributed by atoms with Crippen LogP contribution in [0.4, 0.5) is 5.13 Å². The van der Waals surface area contributed by atoms with Gasteiger partial charge in [0.2, 0.25) is 5.91 Å². The zero-order valence-corrected chi connectivity index (χ0v) is 16.3. The van der Waals surface area contributed by atoms with Crippen LogP contribution in [0.15, 0.2) is 18.2 Å².